The summed E-state index contributed by atoms with van der Waals surface area (Å²) in [6, 6.07) is 5.60. The Balaban J connectivity index is 1.75. The second-order valence-corrected chi connectivity index (χ2v) is 5.70. The standard InChI is InChI=1S/C17H23NO5/c1-3-21-15-12-13(4-5-14(15)16(19)20-2)18-8-6-17(7-9-18)22-10-11-23-17/h4-5,12H,3,6-11H2,1-2H3. The van der Waals surface area contributed by atoms with Crippen LogP contribution in [0.4, 0.5) is 5.69 Å². The predicted octanol–water partition coefficient (Wildman–Crippen LogP) is 2.22. The monoisotopic (exact) mass is 321 g/mol. The van der Waals surface area contributed by atoms with E-state index in [4.69, 9.17) is 18.9 Å². The van der Waals surface area contributed by atoms with Gasteiger partial charge in [0.05, 0.1) is 26.9 Å². The van der Waals surface area contributed by atoms with Crippen molar-refractivity contribution in [1.82, 2.24) is 0 Å². The molecule has 0 radical (unpaired) electrons. The van der Waals surface area contributed by atoms with Crippen molar-refractivity contribution in [2.75, 3.05) is 44.9 Å². The third-order valence-electron chi connectivity index (χ3n) is 4.37. The lowest BCUT2D eigenvalue weighted by molar-refractivity contribution is -0.169. The average Bonchev–Trinajstić information content (AvgIpc) is 3.03. The summed E-state index contributed by atoms with van der Waals surface area (Å²) in [5, 5.41) is 0. The first-order chi connectivity index (χ1) is 11.2. The Morgan fingerprint density at radius 3 is 2.57 bits per heavy atom. The maximum atomic E-state index is 11.8. The Kier molecular flexibility index (Phi) is 4.73. The molecule has 2 heterocycles. The minimum atomic E-state index is -0.384. The highest BCUT2D eigenvalue weighted by molar-refractivity contribution is 5.93. The first kappa shape index (κ1) is 16.1. The number of hydrogen-bond acceptors (Lipinski definition) is 6. The van der Waals surface area contributed by atoms with Crippen LogP contribution in [0.3, 0.4) is 0 Å². The molecule has 0 atom stereocenters. The highest BCUT2D eigenvalue weighted by atomic mass is 16.7. The molecule has 126 valence electrons. The van der Waals surface area contributed by atoms with Gasteiger partial charge in [0.1, 0.15) is 11.3 Å². The number of methoxy groups -OCH3 is 1. The van der Waals surface area contributed by atoms with E-state index in [-0.39, 0.29) is 11.8 Å². The number of benzene rings is 1. The SMILES string of the molecule is CCOc1cc(N2CCC3(CC2)OCCO3)ccc1C(=O)OC. The van der Waals surface area contributed by atoms with Crippen molar-refractivity contribution in [2.24, 2.45) is 0 Å². The number of nitrogens with zero attached hydrogens (tertiary/aromatic N) is 1. The first-order valence-electron chi connectivity index (χ1n) is 8.05. The summed E-state index contributed by atoms with van der Waals surface area (Å²) in [6.07, 6.45) is 1.69. The molecule has 2 aliphatic rings. The van der Waals surface area contributed by atoms with E-state index in [0.29, 0.717) is 31.1 Å². The summed E-state index contributed by atoms with van der Waals surface area (Å²) in [7, 11) is 1.37. The van der Waals surface area contributed by atoms with Gasteiger partial charge >= 0.3 is 5.97 Å². The van der Waals surface area contributed by atoms with Crippen LogP contribution in [0.15, 0.2) is 18.2 Å². The van der Waals surface area contributed by atoms with E-state index in [1.807, 2.05) is 19.1 Å². The molecule has 0 aliphatic carbocycles. The van der Waals surface area contributed by atoms with Crippen molar-refractivity contribution >= 4 is 11.7 Å². The number of ether oxygens (including phenoxy) is 4. The summed E-state index contributed by atoms with van der Waals surface area (Å²) in [5.41, 5.74) is 1.49. The molecule has 0 amide bonds. The normalized spacial score (nSPS) is 19.8. The van der Waals surface area contributed by atoms with Crippen molar-refractivity contribution in [2.45, 2.75) is 25.6 Å². The van der Waals surface area contributed by atoms with Crippen LogP contribution < -0.4 is 9.64 Å². The molecule has 0 aromatic heterocycles. The molecule has 0 bridgehead atoms. The quantitative estimate of drug-likeness (QED) is 0.793. The van der Waals surface area contributed by atoms with Crippen LogP contribution >= 0.6 is 0 Å². The number of piperidine rings is 1. The molecule has 2 aliphatic heterocycles. The lowest BCUT2D eigenvalue weighted by Gasteiger charge is -2.38. The Morgan fingerprint density at radius 1 is 1.26 bits per heavy atom. The summed E-state index contributed by atoms with van der Waals surface area (Å²) in [4.78, 5) is 14.1. The van der Waals surface area contributed by atoms with E-state index in [1.54, 1.807) is 6.07 Å². The summed E-state index contributed by atoms with van der Waals surface area (Å²) in [6.45, 7) is 5.46. The first-order valence-corrected chi connectivity index (χ1v) is 8.05. The highest BCUT2D eigenvalue weighted by Gasteiger charge is 2.39. The average molecular weight is 321 g/mol. The van der Waals surface area contributed by atoms with Crippen LogP contribution in [-0.4, -0.2) is 51.8 Å². The van der Waals surface area contributed by atoms with Gasteiger partial charge in [-0.05, 0) is 19.1 Å². The maximum absolute atomic E-state index is 11.8. The summed E-state index contributed by atoms with van der Waals surface area (Å²) < 4.78 is 21.9. The molecule has 6 nitrogen and oxygen atoms in total. The molecule has 6 heteroatoms. The van der Waals surface area contributed by atoms with Crippen LogP contribution in [0.5, 0.6) is 5.75 Å². The van der Waals surface area contributed by atoms with Crippen LogP contribution in [-0.2, 0) is 14.2 Å². The fourth-order valence-corrected chi connectivity index (χ4v) is 3.15. The van der Waals surface area contributed by atoms with Gasteiger partial charge in [-0.1, -0.05) is 0 Å². The van der Waals surface area contributed by atoms with Crippen LogP contribution in [0.2, 0.25) is 0 Å². The van der Waals surface area contributed by atoms with Gasteiger partial charge in [0.25, 0.3) is 0 Å². The van der Waals surface area contributed by atoms with Gasteiger partial charge < -0.3 is 23.8 Å². The maximum Gasteiger partial charge on any atom is 0.341 e. The van der Waals surface area contributed by atoms with E-state index in [2.05, 4.69) is 4.90 Å². The molecule has 3 rings (SSSR count). The Bertz CT molecular complexity index is 558. The number of rotatable bonds is 4. The zero-order valence-corrected chi connectivity index (χ0v) is 13.7. The molecular formula is C17H23NO5. The van der Waals surface area contributed by atoms with Gasteiger partial charge in [-0.25, -0.2) is 4.79 Å². The molecule has 0 N–H and O–H groups in total. The predicted molar refractivity (Wildman–Crippen MR) is 85.0 cm³/mol. The van der Waals surface area contributed by atoms with Crippen molar-refractivity contribution in [1.29, 1.82) is 0 Å². The number of esters is 1. The topological polar surface area (TPSA) is 57.2 Å². The second-order valence-electron chi connectivity index (χ2n) is 5.70. The molecule has 1 spiro atoms. The van der Waals surface area contributed by atoms with E-state index in [9.17, 15) is 4.79 Å². The molecular weight excluding hydrogens is 298 g/mol. The largest absolute Gasteiger partial charge is 0.493 e. The summed E-state index contributed by atoms with van der Waals surface area (Å²) in [5.74, 6) is -0.207. The van der Waals surface area contributed by atoms with Gasteiger partial charge in [0.15, 0.2) is 5.79 Å². The minimum absolute atomic E-state index is 0.384. The third-order valence-corrected chi connectivity index (χ3v) is 4.37. The van der Waals surface area contributed by atoms with Gasteiger partial charge in [0, 0.05) is 37.7 Å². The zero-order valence-electron chi connectivity index (χ0n) is 13.7. The van der Waals surface area contributed by atoms with E-state index in [1.165, 1.54) is 7.11 Å². The molecule has 0 saturated carbocycles. The number of anilines is 1. The van der Waals surface area contributed by atoms with Crippen LogP contribution in [0, 0.1) is 0 Å². The fraction of sp³-hybridized carbons (Fsp3) is 0.588. The molecule has 23 heavy (non-hydrogen) atoms. The molecule has 2 saturated heterocycles. The number of hydrogen-bond donors (Lipinski definition) is 0. The van der Waals surface area contributed by atoms with Crippen LogP contribution in [0.1, 0.15) is 30.1 Å². The Hall–Kier alpha value is -1.79. The Morgan fingerprint density at radius 2 is 1.96 bits per heavy atom. The van der Waals surface area contributed by atoms with Gasteiger partial charge in [-0.2, -0.15) is 0 Å². The fourth-order valence-electron chi connectivity index (χ4n) is 3.15. The van der Waals surface area contributed by atoms with Crippen molar-refractivity contribution in [3.8, 4) is 5.75 Å². The van der Waals surface area contributed by atoms with Crippen molar-refractivity contribution < 1.29 is 23.7 Å². The smallest absolute Gasteiger partial charge is 0.341 e. The molecule has 0 unspecified atom stereocenters. The van der Waals surface area contributed by atoms with Crippen LogP contribution in [0.25, 0.3) is 0 Å². The zero-order chi connectivity index (χ0) is 16.3. The van der Waals surface area contributed by atoms with E-state index < -0.39 is 0 Å². The van der Waals surface area contributed by atoms with E-state index >= 15 is 0 Å². The van der Waals surface area contributed by atoms with Gasteiger partial charge in [-0.3, -0.25) is 0 Å². The second kappa shape index (κ2) is 6.76. The Labute approximate surface area is 136 Å². The minimum Gasteiger partial charge on any atom is -0.493 e. The molecule has 2 fully saturated rings. The van der Waals surface area contributed by atoms with Crippen molar-refractivity contribution in [3.05, 3.63) is 23.8 Å². The highest BCUT2D eigenvalue weighted by Crippen LogP contribution is 2.34. The molecule has 1 aromatic carbocycles. The van der Waals surface area contributed by atoms with Gasteiger partial charge in [-0.15, -0.1) is 0 Å². The van der Waals surface area contributed by atoms with Crippen molar-refractivity contribution in [3.63, 3.8) is 0 Å². The van der Waals surface area contributed by atoms with Gasteiger partial charge in [0.2, 0.25) is 0 Å². The molecule has 1 aromatic rings. The number of carbonyl (C=O) groups is 1. The lowest BCUT2D eigenvalue weighted by Crippen LogP contribution is -2.45. The van der Waals surface area contributed by atoms with E-state index in [0.717, 1.165) is 31.6 Å². The third kappa shape index (κ3) is 3.28. The number of carbonyl (C=O) groups excluding carboxylic acids is 1. The lowest BCUT2D eigenvalue weighted by atomic mass is 10.0. The summed E-state index contributed by atoms with van der Waals surface area (Å²) >= 11 is 0.